The number of nitrogen functional groups attached to an aromatic ring is 1. The van der Waals surface area contributed by atoms with Crippen molar-refractivity contribution < 1.29 is 4.74 Å². The van der Waals surface area contributed by atoms with Crippen LogP contribution in [0.2, 0.25) is 0 Å². The maximum absolute atomic E-state index is 5.93. The maximum atomic E-state index is 5.93. The van der Waals surface area contributed by atoms with Gasteiger partial charge in [0.25, 0.3) is 0 Å². The van der Waals surface area contributed by atoms with E-state index in [1.165, 1.54) is 0 Å². The van der Waals surface area contributed by atoms with Gasteiger partial charge >= 0.3 is 0 Å². The first-order valence-corrected chi connectivity index (χ1v) is 5.98. The molecule has 0 spiro atoms. The van der Waals surface area contributed by atoms with Crippen molar-refractivity contribution in [2.75, 3.05) is 12.3 Å². The maximum Gasteiger partial charge on any atom is 0.123 e. The number of aryl methyl sites for hydroxylation is 1. The molecule has 0 aliphatic heterocycles. The lowest BCUT2D eigenvalue weighted by Gasteiger charge is -2.15. The van der Waals surface area contributed by atoms with Crippen molar-refractivity contribution >= 4 is 5.69 Å². The second-order valence-electron chi connectivity index (χ2n) is 4.43. The Morgan fingerprint density at radius 3 is 2.65 bits per heavy atom. The van der Waals surface area contributed by atoms with Crippen LogP contribution < -0.4 is 10.5 Å². The number of hydrogen-bond donors (Lipinski definition) is 1. The summed E-state index contributed by atoms with van der Waals surface area (Å²) in [6.45, 7) is 8.75. The van der Waals surface area contributed by atoms with Crippen molar-refractivity contribution in [3.8, 4) is 17.6 Å². The van der Waals surface area contributed by atoms with Crippen LogP contribution in [0, 0.1) is 18.8 Å². The van der Waals surface area contributed by atoms with Crippen LogP contribution in [0.1, 0.15) is 44.2 Å². The molecule has 0 aromatic heterocycles. The average Bonchev–Trinajstić information content (AvgIpc) is 2.28. The molecule has 1 aromatic carbocycles. The average molecular weight is 231 g/mol. The van der Waals surface area contributed by atoms with Crippen molar-refractivity contribution in [2.45, 2.75) is 40.0 Å². The number of nitrogens with two attached hydrogens (primary N) is 1. The SMILES string of the molecule is CC#CCCOc1cc(C)c(N)cc1C(C)C. The topological polar surface area (TPSA) is 35.2 Å². The summed E-state index contributed by atoms with van der Waals surface area (Å²) in [5.74, 6) is 7.20. The minimum absolute atomic E-state index is 0.408. The van der Waals surface area contributed by atoms with E-state index in [0.717, 1.165) is 29.0 Å². The molecule has 0 amide bonds. The van der Waals surface area contributed by atoms with Gasteiger partial charge in [-0.25, -0.2) is 0 Å². The zero-order valence-electron chi connectivity index (χ0n) is 11.1. The first-order chi connectivity index (χ1) is 8.06. The zero-order valence-corrected chi connectivity index (χ0v) is 11.1. The molecule has 1 aromatic rings. The molecule has 0 heterocycles. The van der Waals surface area contributed by atoms with Crippen molar-refractivity contribution in [1.82, 2.24) is 0 Å². The van der Waals surface area contributed by atoms with Gasteiger partial charge in [0, 0.05) is 12.1 Å². The molecule has 2 N–H and O–H groups in total. The van der Waals surface area contributed by atoms with Gasteiger partial charge in [-0.1, -0.05) is 13.8 Å². The Kier molecular flexibility index (Phi) is 4.90. The van der Waals surface area contributed by atoms with Gasteiger partial charge in [0.15, 0.2) is 0 Å². The third kappa shape index (κ3) is 3.71. The van der Waals surface area contributed by atoms with Gasteiger partial charge in [-0.05, 0) is 43.0 Å². The van der Waals surface area contributed by atoms with E-state index in [-0.39, 0.29) is 0 Å². The summed E-state index contributed by atoms with van der Waals surface area (Å²) in [5.41, 5.74) is 8.98. The van der Waals surface area contributed by atoms with Crippen molar-refractivity contribution in [1.29, 1.82) is 0 Å². The molecule has 0 unspecified atom stereocenters. The largest absolute Gasteiger partial charge is 0.492 e. The third-order valence-electron chi connectivity index (χ3n) is 2.68. The molecule has 0 fully saturated rings. The van der Waals surface area contributed by atoms with Crippen LogP contribution in [-0.4, -0.2) is 6.61 Å². The second-order valence-corrected chi connectivity index (χ2v) is 4.43. The lowest BCUT2D eigenvalue weighted by atomic mass is 9.99. The van der Waals surface area contributed by atoms with E-state index < -0.39 is 0 Å². The first-order valence-electron chi connectivity index (χ1n) is 5.98. The molecule has 0 saturated heterocycles. The minimum atomic E-state index is 0.408. The lowest BCUT2D eigenvalue weighted by molar-refractivity contribution is 0.322. The van der Waals surface area contributed by atoms with Gasteiger partial charge in [0.1, 0.15) is 5.75 Å². The Morgan fingerprint density at radius 1 is 1.35 bits per heavy atom. The molecule has 0 aliphatic rings. The highest BCUT2D eigenvalue weighted by atomic mass is 16.5. The van der Waals surface area contributed by atoms with E-state index in [0.29, 0.717) is 12.5 Å². The fourth-order valence-corrected chi connectivity index (χ4v) is 1.63. The Balaban J connectivity index is 2.87. The van der Waals surface area contributed by atoms with Gasteiger partial charge in [0.05, 0.1) is 6.61 Å². The molecule has 92 valence electrons. The smallest absolute Gasteiger partial charge is 0.123 e. The van der Waals surface area contributed by atoms with E-state index >= 15 is 0 Å². The predicted octanol–water partition coefficient (Wildman–Crippen LogP) is 3.49. The molecule has 2 nitrogen and oxygen atoms in total. The van der Waals surface area contributed by atoms with Crippen LogP contribution >= 0.6 is 0 Å². The monoisotopic (exact) mass is 231 g/mol. The Labute approximate surface area is 104 Å². The molecule has 0 bridgehead atoms. The quantitative estimate of drug-likeness (QED) is 0.489. The van der Waals surface area contributed by atoms with Gasteiger partial charge in [-0.3, -0.25) is 0 Å². The van der Waals surface area contributed by atoms with Gasteiger partial charge in [-0.2, -0.15) is 0 Å². The molecular formula is C15H21NO. The normalized spacial score (nSPS) is 9.94. The summed E-state index contributed by atoms with van der Waals surface area (Å²) in [7, 11) is 0. The van der Waals surface area contributed by atoms with Crippen LogP contribution in [0.5, 0.6) is 5.75 Å². The molecule has 2 heteroatoms. The molecule has 1 rings (SSSR count). The molecule has 0 atom stereocenters. The van der Waals surface area contributed by atoms with Crippen molar-refractivity contribution in [3.63, 3.8) is 0 Å². The Hall–Kier alpha value is -1.62. The number of benzene rings is 1. The van der Waals surface area contributed by atoms with E-state index in [4.69, 9.17) is 10.5 Å². The fourth-order valence-electron chi connectivity index (χ4n) is 1.63. The zero-order chi connectivity index (χ0) is 12.8. The summed E-state index contributed by atoms with van der Waals surface area (Å²) >= 11 is 0. The van der Waals surface area contributed by atoms with Crippen LogP contribution in [-0.2, 0) is 0 Å². The van der Waals surface area contributed by atoms with Crippen molar-refractivity contribution in [3.05, 3.63) is 23.3 Å². The highest BCUT2D eigenvalue weighted by molar-refractivity contribution is 5.55. The van der Waals surface area contributed by atoms with Crippen molar-refractivity contribution in [2.24, 2.45) is 0 Å². The van der Waals surface area contributed by atoms with Crippen LogP contribution in [0.4, 0.5) is 5.69 Å². The number of anilines is 1. The predicted molar refractivity (Wildman–Crippen MR) is 73.2 cm³/mol. The molecular weight excluding hydrogens is 210 g/mol. The number of ether oxygens (including phenoxy) is 1. The van der Waals surface area contributed by atoms with E-state index in [1.807, 2.05) is 26.0 Å². The van der Waals surface area contributed by atoms with Gasteiger partial charge in [-0.15, -0.1) is 11.8 Å². The van der Waals surface area contributed by atoms with E-state index in [9.17, 15) is 0 Å². The second kappa shape index (κ2) is 6.20. The van der Waals surface area contributed by atoms with Gasteiger partial charge in [0.2, 0.25) is 0 Å². The number of hydrogen-bond acceptors (Lipinski definition) is 2. The van der Waals surface area contributed by atoms with Gasteiger partial charge < -0.3 is 10.5 Å². The highest BCUT2D eigenvalue weighted by Crippen LogP contribution is 2.30. The summed E-state index contributed by atoms with van der Waals surface area (Å²) in [6.07, 6.45) is 0.761. The fraction of sp³-hybridized carbons (Fsp3) is 0.467. The number of rotatable bonds is 4. The Bertz CT molecular complexity index is 438. The Morgan fingerprint density at radius 2 is 2.06 bits per heavy atom. The minimum Gasteiger partial charge on any atom is -0.492 e. The summed E-state index contributed by atoms with van der Waals surface area (Å²) in [4.78, 5) is 0. The van der Waals surface area contributed by atoms with Crippen LogP contribution in [0.3, 0.4) is 0 Å². The first kappa shape index (κ1) is 13.4. The lowest BCUT2D eigenvalue weighted by Crippen LogP contribution is -2.03. The molecule has 0 saturated carbocycles. The molecule has 0 aliphatic carbocycles. The standard InChI is InChI=1S/C15H21NO/c1-5-6-7-8-17-15-9-12(4)14(16)10-13(15)11(2)3/h9-11H,7-8,16H2,1-4H3. The summed E-state index contributed by atoms with van der Waals surface area (Å²) in [6, 6.07) is 4.03. The van der Waals surface area contributed by atoms with Crippen LogP contribution in [0.15, 0.2) is 12.1 Å². The molecule has 0 radical (unpaired) electrons. The van der Waals surface area contributed by atoms with E-state index in [1.54, 1.807) is 0 Å². The highest BCUT2D eigenvalue weighted by Gasteiger charge is 2.10. The summed E-state index contributed by atoms with van der Waals surface area (Å²) < 4.78 is 5.78. The molecule has 17 heavy (non-hydrogen) atoms. The van der Waals surface area contributed by atoms with E-state index in [2.05, 4.69) is 25.7 Å². The summed E-state index contributed by atoms with van der Waals surface area (Å²) in [5, 5.41) is 0. The third-order valence-corrected chi connectivity index (χ3v) is 2.68. The van der Waals surface area contributed by atoms with Crippen LogP contribution in [0.25, 0.3) is 0 Å².